The first-order valence-electron chi connectivity index (χ1n) is 8.28. The molecule has 4 nitrogen and oxygen atoms in total. The number of anilines is 1. The van der Waals surface area contributed by atoms with Gasteiger partial charge in [-0.25, -0.2) is 9.78 Å². The molecule has 0 unspecified atom stereocenters. The summed E-state index contributed by atoms with van der Waals surface area (Å²) in [5.41, 5.74) is 9.48. The van der Waals surface area contributed by atoms with E-state index in [2.05, 4.69) is 0 Å². The average molecular weight is 415 g/mol. The Hall–Kier alpha value is -2.41. The number of esters is 1. The topological polar surface area (TPSA) is 65.2 Å². The molecule has 0 saturated carbocycles. The van der Waals surface area contributed by atoms with Crippen LogP contribution < -0.4 is 5.73 Å². The maximum absolute atomic E-state index is 12.3. The van der Waals surface area contributed by atoms with Crippen molar-refractivity contribution < 1.29 is 9.53 Å². The fourth-order valence-electron chi connectivity index (χ4n) is 2.86. The number of rotatable bonds is 4. The van der Waals surface area contributed by atoms with Gasteiger partial charge in [0.2, 0.25) is 0 Å². The minimum Gasteiger partial charge on any atom is -0.462 e. The number of thiophene rings is 2. The summed E-state index contributed by atoms with van der Waals surface area (Å²) >= 11 is 8.89. The van der Waals surface area contributed by atoms with E-state index in [4.69, 9.17) is 27.1 Å². The fourth-order valence-corrected chi connectivity index (χ4v) is 4.75. The second kappa shape index (κ2) is 7.31. The Balaban J connectivity index is 1.98. The number of fused-ring (bicyclic) bond motifs is 1. The molecule has 27 heavy (non-hydrogen) atoms. The third kappa shape index (κ3) is 3.32. The van der Waals surface area contributed by atoms with Gasteiger partial charge in [-0.15, -0.1) is 22.7 Å². The number of aromatic nitrogens is 1. The molecule has 0 amide bonds. The van der Waals surface area contributed by atoms with Crippen molar-refractivity contribution in [3.63, 3.8) is 0 Å². The van der Waals surface area contributed by atoms with Crippen LogP contribution in [0.25, 0.3) is 31.9 Å². The maximum atomic E-state index is 12.3. The summed E-state index contributed by atoms with van der Waals surface area (Å²) in [6, 6.07) is 13.6. The Labute approximate surface area is 169 Å². The quantitative estimate of drug-likeness (QED) is 0.409. The van der Waals surface area contributed by atoms with Crippen LogP contribution in [0.3, 0.4) is 0 Å². The zero-order valence-corrected chi connectivity index (χ0v) is 16.8. The number of carbonyl (C=O) groups is 1. The lowest BCUT2D eigenvalue weighted by atomic mass is 10.0. The molecule has 0 atom stereocenters. The minimum absolute atomic E-state index is 0.299. The minimum atomic E-state index is -0.414. The zero-order valence-electron chi connectivity index (χ0n) is 14.4. The highest BCUT2D eigenvalue weighted by Crippen LogP contribution is 2.42. The molecule has 0 spiro atoms. The van der Waals surface area contributed by atoms with E-state index in [1.165, 1.54) is 11.3 Å². The molecule has 0 aliphatic heterocycles. The van der Waals surface area contributed by atoms with Gasteiger partial charge in [0.1, 0.15) is 9.71 Å². The predicted octanol–water partition coefficient (Wildman–Crippen LogP) is 6.10. The van der Waals surface area contributed by atoms with Gasteiger partial charge in [-0.2, -0.15) is 0 Å². The van der Waals surface area contributed by atoms with E-state index in [0.29, 0.717) is 27.0 Å². The monoisotopic (exact) mass is 414 g/mol. The van der Waals surface area contributed by atoms with E-state index in [0.717, 1.165) is 27.1 Å². The van der Waals surface area contributed by atoms with Crippen LogP contribution >= 0.6 is 34.3 Å². The molecule has 3 heterocycles. The summed E-state index contributed by atoms with van der Waals surface area (Å²) in [7, 11) is 0. The summed E-state index contributed by atoms with van der Waals surface area (Å²) in [6.07, 6.45) is 0. The third-order valence-electron chi connectivity index (χ3n) is 4.09. The summed E-state index contributed by atoms with van der Waals surface area (Å²) < 4.78 is 5.15. The highest BCUT2D eigenvalue weighted by Gasteiger charge is 2.22. The van der Waals surface area contributed by atoms with Crippen LogP contribution in [0, 0.1) is 0 Å². The van der Waals surface area contributed by atoms with Crippen LogP contribution in [0.5, 0.6) is 0 Å². The molecule has 0 aliphatic rings. The number of nitrogen functional groups attached to an aromatic ring is 1. The van der Waals surface area contributed by atoms with Crippen LogP contribution in [0.15, 0.2) is 47.8 Å². The van der Waals surface area contributed by atoms with Crippen LogP contribution in [-0.4, -0.2) is 17.6 Å². The lowest BCUT2D eigenvalue weighted by Gasteiger charge is -2.07. The summed E-state index contributed by atoms with van der Waals surface area (Å²) in [5.74, 6) is -0.414. The zero-order chi connectivity index (χ0) is 19.0. The smallest absolute Gasteiger partial charge is 0.350 e. The van der Waals surface area contributed by atoms with E-state index in [1.807, 2.05) is 47.8 Å². The fraction of sp³-hybridized carbons (Fsp3) is 0.100. The number of benzene rings is 1. The highest BCUT2D eigenvalue weighted by molar-refractivity contribution is 7.21. The molecule has 1 aromatic carbocycles. The molecule has 0 fully saturated rings. The molecule has 0 aliphatic carbocycles. The van der Waals surface area contributed by atoms with Crippen molar-refractivity contribution >= 4 is 56.1 Å². The van der Waals surface area contributed by atoms with Gasteiger partial charge < -0.3 is 10.5 Å². The van der Waals surface area contributed by atoms with E-state index in [1.54, 1.807) is 18.3 Å². The molecule has 2 N–H and O–H groups in total. The van der Waals surface area contributed by atoms with Gasteiger partial charge in [0.05, 0.1) is 18.0 Å². The standard InChI is InChI=1S/C20H15ClN2O2S2/c1-2-25-20(24)18-17(22)16-13(15-4-3-9-26-15)10-14(23-19(16)27-18)11-5-7-12(21)8-6-11/h3-10H,2,22H2,1H3. The van der Waals surface area contributed by atoms with Crippen molar-refractivity contribution in [2.24, 2.45) is 0 Å². The first-order chi connectivity index (χ1) is 13.1. The largest absolute Gasteiger partial charge is 0.462 e. The Kier molecular flexibility index (Phi) is 4.86. The molecule has 7 heteroatoms. The summed E-state index contributed by atoms with van der Waals surface area (Å²) in [6.45, 7) is 2.07. The normalized spacial score (nSPS) is 11.0. The van der Waals surface area contributed by atoms with Crippen molar-refractivity contribution in [2.45, 2.75) is 6.92 Å². The molecule has 4 rings (SSSR count). The lowest BCUT2D eigenvalue weighted by molar-refractivity contribution is 0.0533. The molecular formula is C20H15ClN2O2S2. The maximum Gasteiger partial charge on any atom is 0.350 e. The first-order valence-corrected chi connectivity index (χ1v) is 10.4. The molecule has 0 bridgehead atoms. The van der Waals surface area contributed by atoms with E-state index in [9.17, 15) is 4.79 Å². The van der Waals surface area contributed by atoms with Gasteiger partial charge in [0.15, 0.2) is 0 Å². The van der Waals surface area contributed by atoms with Crippen molar-refractivity contribution in [1.29, 1.82) is 0 Å². The van der Waals surface area contributed by atoms with Gasteiger partial charge in [-0.05, 0) is 36.6 Å². The Bertz CT molecular complexity index is 1120. The van der Waals surface area contributed by atoms with Gasteiger partial charge in [0.25, 0.3) is 0 Å². The third-order valence-corrected chi connectivity index (χ3v) is 6.32. The Morgan fingerprint density at radius 2 is 2.04 bits per heavy atom. The second-order valence-corrected chi connectivity index (χ2v) is 8.17. The number of nitrogens with zero attached hydrogens (tertiary/aromatic N) is 1. The number of ether oxygens (including phenoxy) is 1. The molecule has 4 aromatic rings. The van der Waals surface area contributed by atoms with Crippen molar-refractivity contribution in [1.82, 2.24) is 4.98 Å². The van der Waals surface area contributed by atoms with Gasteiger partial charge in [0, 0.05) is 26.4 Å². The van der Waals surface area contributed by atoms with Gasteiger partial charge in [-0.3, -0.25) is 0 Å². The van der Waals surface area contributed by atoms with Crippen LogP contribution in [0.4, 0.5) is 5.69 Å². The lowest BCUT2D eigenvalue weighted by Crippen LogP contribution is -2.04. The SMILES string of the molecule is CCOC(=O)c1sc2nc(-c3ccc(Cl)cc3)cc(-c3cccs3)c2c1N. The van der Waals surface area contributed by atoms with Crippen LogP contribution in [0.1, 0.15) is 16.6 Å². The Morgan fingerprint density at radius 3 is 2.70 bits per heavy atom. The number of nitrogens with two attached hydrogens (primary N) is 1. The van der Waals surface area contributed by atoms with E-state index < -0.39 is 5.97 Å². The average Bonchev–Trinajstić information content (AvgIpc) is 3.30. The molecule has 0 radical (unpaired) electrons. The molecule has 0 saturated heterocycles. The van der Waals surface area contributed by atoms with Crippen molar-refractivity contribution in [3.05, 3.63) is 57.7 Å². The van der Waals surface area contributed by atoms with E-state index in [-0.39, 0.29) is 0 Å². The number of pyridine rings is 1. The summed E-state index contributed by atoms with van der Waals surface area (Å²) in [5, 5.41) is 3.48. The van der Waals surface area contributed by atoms with Crippen molar-refractivity contribution in [3.8, 4) is 21.7 Å². The second-order valence-electron chi connectivity index (χ2n) is 5.78. The first kappa shape index (κ1) is 18.0. The number of hydrogen-bond donors (Lipinski definition) is 1. The van der Waals surface area contributed by atoms with Crippen LogP contribution in [0.2, 0.25) is 5.02 Å². The van der Waals surface area contributed by atoms with Crippen molar-refractivity contribution in [2.75, 3.05) is 12.3 Å². The van der Waals surface area contributed by atoms with Gasteiger partial charge in [-0.1, -0.05) is 29.8 Å². The van der Waals surface area contributed by atoms with Gasteiger partial charge >= 0.3 is 5.97 Å². The van der Waals surface area contributed by atoms with Crippen LogP contribution in [-0.2, 0) is 4.74 Å². The highest BCUT2D eigenvalue weighted by atomic mass is 35.5. The number of halogens is 1. The molecular weight excluding hydrogens is 400 g/mol. The molecule has 136 valence electrons. The summed E-state index contributed by atoms with van der Waals surface area (Å²) in [4.78, 5) is 19.2. The Morgan fingerprint density at radius 1 is 1.26 bits per heavy atom. The van der Waals surface area contributed by atoms with E-state index >= 15 is 0 Å². The predicted molar refractivity (Wildman–Crippen MR) is 114 cm³/mol. The number of carbonyl (C=O) groups excluding carboxylic acids is 1. The molecule has 3 aromatic heterocycles. The number of hydrogen-bond acceptors (Lipinski definition) is 6.